The predicted molar refractivity (Wildman–Crippen MR) is 96.2 cm³/mol. The molecule has 28 heavy (non-hydrogen) atoms. The lowest BCUT2D eigenvalue weighted by atomic mass is 9.89. The fraction of sp³-hybridized carbons (Fsp3) is 0.333. The summed E-state index contributed by atoms with van der Waals surface area (Å²) < 4.78 is 44.4. The number of halogens is 3. The molecule has 1 saturated carbocycles. The molecule has 4 nitrogen and oxygen atoms in total. The van der Waals surface area contributed by atoms with Crippen molar-refractivity contribution in [2.24, 2.45) is 11.3 Å². The number of carbonyl (C=O) groups is 2. The fourth-order valence-corrected chi connectivity index (χ4v) is 3.66. The van der Waals surface area contributed by atoms with Gasteiger partial charge >= 0.3 is 12.1 Å². The Hall–Kier alpha value is -2.83. The maximum Gasteiger partial charge on any atom is 0.416 e. The van der Waals surface area contributed by atoms with Gasteiger partial charge in [-0.05, 0) is 48.2 Å². The maximum absolute atomic E-state index is 13.1. The lowest BCUT2D eigenvalue weighted by molar-refractivity contribution is -0.142. The van der Waals surface area contributed by atoms with Gasteiger partial charge in [-0.1, -0.05) is 25.5 Å². The quantitative estimate of drug-likeness (QED) is 0.551. The summed E-state index contributed by atoms with van der Waals surface area (Å²) in [6.45, 7) is 1.82. The molecule has 3 rings (SSSR count). The first-order chi connectivity index (χ1) is 13.1. The lowest BCUT2D eigenvalue weighted by Gasteiger charge is -2.15. The fourth-order valence-electron chi connectivity index (χ4n) is 3.66. The van der Waals surface area contributed by atoms with Crippen LogP contribution in [0.2, 0.25) is 0 Å². The number of hydrogen-bond donors (Lipinski definition) is 1. The second kappa shape index (κ2) is 6.96. The van der Waals surface area contributed by atoms with Crippen LogP contribution in [0.15, 0.2) is 42.5 Å². The summed E-state index contributed by atoms with van der Waals surface area (Å²) in [6.07, 6.45) is -3.68. The van der Waals surface area contributed by atoms with Gasteiger partial charge in [0.1, 0.15) is 11.2 Å². The minimum Gasteiger partial charge on any atom is -0.496 e. The summed E-state index contributed by atoms with van der Waals surface area (Å²) in [7, 11) is 1.38. The molecule has 0 saturated heterocycles. The number of rotatable bonds is 6. The molecule has 1 aliphatic rings. The van der Waals surface area contributed by atoms with Crippen molar-refractivity contribution >= 4 is 11.8 Å². The molecule has 2 atom stereocenters. The zero-order valence-corrected chi connectivity index (χ0v) is 15.3. The zero-order chi connectivity index (χ0) is 20.7. The third-order valence-corrected chi connectivity index (χ3v) is 5.35. The normalized spacial score (nSPS) is 21.2. The van der Waals surface area contributed by atoms with Crippen LogP contribution in [-0.4, -0.2) is 24.0 Å². The van der Waals surface area contributed by atoms with E-state index >= 15 is 0 Å². The van der Waals surface area contributed by atoms with Crippen LogP contribution in [0.5, 0.6) is 5.75 Å². The summed E-state index contributed by atoms with van der Waals surface area (Å²) in [6, 6.07) is 9.03. The average molecular weight is 392 g/mol. The number of benzene rings is 2. The van der Waals surface area contributed by atoms with Crippen molar-refractivity contribution in [1.82, 2.24) is 0 Å². The van der Waals surface area contributed by atoms with Crippen molar-refractivity contribution in [3.63, 3.8) is 0 Å². The van der Waals surface area contributed by atoms with Crippen LogP contribution in [0, 0.1) is 11.3 Å². The van der Waals surface area contributed by atoms with Crippen molar-refractivity contribution in [1.29, 1.82) is 0 Å². The highest BCUT2D eigenvalue weighted by Gasteiger charge is 2.64. The van der Waals surface area contributed by atoms with Crippen molar-refractivity contribution < 1.29 is 32.6 Å². The van der Waals surface area contributed by atoms with Crippen LogP contribution in [0.25, 0.3) is 11.1 Å². The lowest BCUT2D eigenvalue weighted by Crippen LogP contribution is -2.28. The number of carboxylic acid groups (broad SMARTS) is 1. The molecular weight excluding hydrogens is 373 g/mol. The van der Waals surface area contributed by atoms with Crippen LogP contribution in [0.3, 0.4) is 0 Å². The van der Waals surface area contributed by atoms with E-state index in [1.54, 1.807) is 0 Å². The summed E-state index contributed by atoms with van der Waals surface area (Å²) >= 11 is 0. The highest BCUT2D eigenvalue weighted by molar-refractivity contribution is 6.15. The van der Waals surface area contributed by atoms with Crippen LogP contribution in [0.4, 0.5) is 13.2 Å². The Kier molecular flexibility index (Phi) is 4.95. The highest BCUT2D eigenvalue weighted by atomic mass is 19.4. The van der Waals surface area contributed by atoms with E-state index in [1.165, 1.54) is 37.4 Å². The molecule has 1 fully saturated rings. The number of ketones is 1. The van der Waals surface area contributed by atoms with Gasteiger partial charge in [-0.2, -0.15) is 13.2 Å². The van der Waals surface area contributed by atoms with Crippen LogP contribution >= 0.6 is 0 Å². The molecule has 0 unspecified atom stereocenters. The van der Waals surface area contributed by atoms with Crippen molar-refractivity contribution in [2.45, 2.75) is 25.9 Å². The van der Waals surface area contributed by atoms with Gasteiger partial charge in [0, 0.05) is 11.1 Å². The van der Waals surface area contributed by atoms with Gasteiger partial charge in [0.15, 0.2) is 5.78 Å². The summed E-state index contributed by atoms with van der Waals surface area (Å²) in [5, 5.41) is 9.58. The van der Waals surface area contributed by atoms with E-state index in [0.717, 1.165) is 12.1 Å². The van der Waals surface area contributed by atoms with Crippen molar-refractivity contribution in [3.05, 3.63) is 53.6 Å². The van der Waals surface area contributed by atoms with Crippen molar-refractivity contribution in [2.75, 3.05) is 7.11 Å². The Morgan fingerprint density at radius 1 is 1.21 bits per heavy atom. The first kappa shape index (κ1) is 19.9. The van der Waals surface area contributed by atoms with Gasteiger partial charge in [-0.25, -0.2) is 0 Å². The molecule has 7 heteroatoms. The van der Waals surface area contributed by atoms with E-state index in [1.807, 2.05) is 6.92 Å². The number of carboxylic acids is 1. The molecule has 0 spiro atoms. The zero-order valence-electron chi connectivity index (χ0n) is 15.3. The minimum absolute atomic E-state index is 0.145. The smallest absolute Gasteiger partial charge is 0.416 e. The van der Waals surface area contributed by atoms with Gasteiger partial charge < -0.3 is 9.84 Å². The SMILES string of the molecule is CC[C@@H]1C[C@]1(C(=O)O)C(=O)c1ccc(OC)c(-c2cccc(C(F)(F)F)c2)c1. The maximum atomic E-state index is 13.1. The molecule has 1 aliphatic carbocycles. The number of carbonyl (C=O) groups excluding carboxylic acids is 1. The van der Waals surface area contributed by atoms with Gasteiger partial charge in [-0.3, -0.25) is 9.59 Å². The first-order valence-corrected chi connectivity index (χ1v) is 8.79. The summed E-state index contributed by atoms with van der Waals surface area (Å²) in [5.41, 5.74) is -1.60. The molecule has 0 heterocycles. The number of Topliss-reactive ketones (excluding diaryl/α,β-unsaturated/α-hetero) is 1. The van der Waals surface area contributed by atoms with Gasteiger partial charge in [-0.15, -0.1) is 0 Å². The molecule has 0 bridgehead atoms. The van der Waals surface area contributed by atoms with Crippen LogP contribution in [-0.2, 0) is 11.0 Å². The highest BCUT2D eigenvalue weighted by Crippen LogP contribution is 2.56. The summed E-state index contributed by atoms with van der Waals surface area (Å²) in [5.74, 6) is -1.64. The third kappa shape index (κ3) is 3.25. The summed E-state index contributed by atoms with van der Waals surface area (Å²) in [4.78, 5) is 24.7. The molecule has 0 aromatic heterocycles. The molecule has 0 radical (unpaired) electrons. The monoisotopic (exact) mass is 392 g/mol. The predicted octanol–water partition coefficient (Wildman–Crippen LogP) is 5.06. The third-order valence-electron chi connectivity index (χ3n) is 5.35. The Labute approximate surface area is 159 Å². The topological polar surface area (TPSA) is 63.6 Å². The molecule has 2 aromatic carbocycles. The first-order valence-electron chi connectivity index (χ1n) is 8.79. The van der Waals surface area contributed by atoms with E-state index in [2.05, 4.69) is 0 Å². The Bertz CT molecular complexity index is 935. The molecule has 0 amide bonds. The van der Waals surface area contributed by atoms with Crippen LogP contribution in [0.1, 0.15) is 35.7 Å². The Morgan fingerprint density at radius 3 is 2.46 bits per heavy atom. The standard InChI is InChI=1S/C21H19F3O4/c1-3-14-11-20(14,19(26)27)18(25)13-7-8-17(28-2)16(10-13)12-5-4-6-15(9-12)21(22,23)24/h4-10,14H,3,11H2,1-2H3,(H,26,27)/t14-,20-/m1/s1. The number of aliphatic carboxylic acids is 1. The second-order valence-electron chi connectivity index (χ2n) is 6.91. The van der Waals surface area contributed by atoms with E-state index in [0.29, 0.717) is 17.7 Å². The van der Waals surface area contributed by atoms with E-state index in [9.17, 15) is 27.9 Å². The van der Waals surface area contributed by atoms with Crippen molar-refractivity contribution in [3.8, 4) is 16.9 Å². The van der Waals surface area contributed by atoms with Gasteiger partial charge in [0.2, 0.25) is 0 Å². The van der Waals surface area contributed by atoms with E-state index in [4.69, 9.17) is 4.74 Å². The molecular formula is C21H19F3O4. The largest absolute Gasteiger partial charge is 0.496 e. The number of alkyl halides is 3. The number of methoxy groups -OCH3 is 1. The molecule has 1 N–H and O–H groups in total. The molecule has 148 valence electrons. The molecule has 0 aliphatic heterocycles. The van der Waals surface area contributed by atoms with Gasteiger partial charge in [0.05, 0.1) is 12.7 Å². The molecule has 2 aromatic rings. The average Bonchev–Trinajstić information content (AvgIpc) is 3.42. The Balaban J connectivity index is 2.07. The Morgan fingerprint density at radius 2 is 1.93 bits per heavy atom. The minimum atomic E-state index is -4.51. The van der Waals surface area contributed by atoms with Crippen LogP contribution < -0.4 is 4.74 Å². The van der Waals surface area contributed by atoms with E-state index in [-0.39, 0.29) is 23.5 Å². The number of hydrogen-bond acceptors (Lipinski definition) is 3. The number of ether oxygens (including phenoxy) is 1. The van der Waals surface area contributed by atoms with E-state index < -0.39 is 28.9 Å². The van der Waals surface area contributed by atoms with Gasteiger partial charge in [0.25, 0.3) is 0 Å². The second-order valence-corrected chi connectivity index (χ2v) is 6.91.